The summed E-state index contributed by atoms with van der Waals surface area (Å²) < 4.78 is 0. The van der Waals surface area contributed by atoms with Crippen molar-refractivity contribution in [1.82, 2.24) is 0 Å². The lowest BCUT2D eigenvalue weighted by Gasteiger charge is -2.36. The second kappa shape index (κ2) is 10.6. The molecule has 0 bridgehead atoms. The quantitative estimate of drug-likeness (QED) is 0.251. The number of nitrogens with one attached hydrogen (secondary N) is 2. The molecule has 2 aromatic carbocycles. The minimum absolute atomic E-state index is 0.321. The lowest BCUT2D eigenvalue weighted by atomic mass is 9.86. The van der Waals surface area contributed by atoms with Crippen LogP contribution in [0.5, 0.6) is 0 Å². The first kappa shape index (κ1) is 23.9. The van der Waals surface area contributed by atoms with Crippen molar-refractivity contribution in [2.75, 3.05) is 4.90 Å². The number of unbranched alkanes of at least 4 members (excludes halogenated alkanes) is 3. The zero-order valence-electron chi connectivity index (χ0n) is 19.7. The van der Waals surface area contributed by atoms with Crippen LogP contribution < -0.4 is 4.90 Å². The molecule has 2 rings (SSSR count). The second-order valence-corrected chi connectivity index (χ2v) is 9.02. The van der Waals surface area contributed by atoms with Crippen molar-refractivity contribution in [1.29, 1.82) is 10.8 Å². The fourth-order valence-corrected chi connectivity index (χ4v) is 3.83. The highest BCUT2D eigenvalue weighted by Crippen LogP contribution is 2.33. The van der Waals surface area contributed by atoms with Crippen molar-refractivity contribution in [3.8, 4) is 0 Å². The van der Waals surface area contributed by atoms with E-state index >= 15 is 0 Å². The van der Waals surface area contributed by atoms with E-state index in [9.17, 15) is 0 Å². The molecule has 162 valence electrons. The highest BCUT2D eigenvalue weighted by atomic mass is 15.2. The van der Waals surface area contributed by atoms with Gasteiger partial charge in [0, 0.05) is 11.0 Å². The summed E-state index contributed by atoms with van der Waals surface area (Å²) in [7, 11) is 0. The molecule has 0 aliphatic heterocycles. The van der Waals surface area contributed by atoms with Gasteiger partial charge in [0.25, 0.3) is 0 Å². The van der Waals surface area contributed by atoms with E-state index in [2.05, 4.69) is 53.7 Å². The van der Waals surface area contributed by atoms with E-state index < -0.39 is 0 Å². The van der Waals surface area contributed by atoms with Gasteiger partial charge in [0.15, 0.2) is 0 Å². The van der Waals surface area contributed by atoms with Gasteiger partial charge in [-0.2, -0.15) is 0 Å². The first-order chi connectivity index (χ1) is 14.2. The molecule has 0 radical (unpaired) electrons. The van der Waals surface area contributed by atoms with Gasteiger partial charge < -0.3 is 0 Å². The third kappa shape index (κ3) is 5.59. The molecule has 0 spiro atoms. The summed E-state index contributed by atoms with van der Waals surface area (Å²) in [6.45, 7) is 12.8. The summed E-state index contributed by atoms with van der Waals surface area (Å²) in [4.78, 5) is 1.87. The molecule has 2 aromatic rings. The van der Waals surface area contributed by atoms with E-state index in [4.69, 9.17) is 10.8 Å². The molecule has 0 fully saturated rings. The van der Waals surface area contributed by atoms with Gasteiger partial charge in [-0.3, -0.25) is 15.7 Å². The monoisotopic (exact) mass is 405 g/mol. The third-order valence-electron chi connectivity index (χ3n) is 6.11. The average Bonchev–Trinajstić information content (AvgIpc) is 2.73. The standard InChI is InChI=1S/C27H39N3/c1-7-9-10-12-15-22-18-20(3)24(21(4)19-22)30(26(29)27(5,6)8-2)25(28)23-16-13-11-14-17-23/h11,13-14,16-19,28-29H,7-10,12,15H2,1-6H3. The Kier molecular flexibility index (Phi) is 8.40. The lowest BCUT2D eigenvalue weighted by Crippen LogP contribution is -2.45. The SMILES string of the molecule is CCCCCCc1cc(C)c(N(C(=N)c2ccccc2)C(=N)C(C)(C)CC)c(C)c1. The molecule has 30 heavy (non-hydrogen) atoms. The average molecular weight is 406 g/mol. The van der Waals surface area contributed by atoms with Crippen LogP contribution in [0.15, 0.2) is 42.5 Å². The molecule has 3 heteroatoms. The summed E-state index contributed by atoms with van der Waals surface area (Å²) in [5.74, 6) is 0.838. The van der Waals surface area contributed by atoms with Gasteiger partial charge in [0.1, 0.15) is 11.7 Å². The normalized spacial score (nSPS) is 11.4. The predicted octanol–water partition coefficient (Wildman–Crippen LogP) is 7.67. The van der Waals surface area contributed by atoms with Crippen LogP contribution in [0.25, 0.3) is 0 Å². The van der Waals surface area contributed by atoms with Crippen LogP contribution in [0, 0.1) is 30.1 Å². The van der Waals surface area contributed by atoms with Crippen molar-refractivity contribution in [2.45, 2.75) is 80.1 Å². The number of nitrogens with zero attached hydrogens (tertiary/aromatic N) is 1. The Morgan fingerprint density at radius 1 is 0.900 bits per heavy atom. The van der Waals surface area contributed by atoms with Crippen molar-refractivity contribution >= 4 is 17.4 Å². The number of benzene rings is 2. The summed E-state index contributed by atoms with van der Waals surface area (Å²) >= 11 is 0. The molecule has 0 saturated carbocycles. The molecular weight excluding hydrogens is 366 g/mol. The number of rotatable bonds is 9. The van der Waals surface area contributed by atoms with Crippen LogP contribution in [0.4, 0.5) is 5.69 Å². The predicted molar refractivity (Wildman–Crippen MR) is 131 cm³/mol. The van der Waals surface area contributed by atoms with Crippen molar-refractivity contribution in [3.63, 3.8) is 0 Å². The van der Waals surface area contributed by atoms with E-state index in [1.54, 1.807) is 0 Å². The van der Waals surface area contributed by atoms with Crippen LogP contribution in [0.2, 0.25) is 0 Å². The fraction of sp³-hybridized carbons (Fsp3) is 0.481. The fourth-order valence-electron chi connectivity index (χ4n) is 3.83. The van der Waals surface area contributed by atoms with Crippen LogP contribution in [0.1, 0.15) is 82.1 Å². The third-order valence-corrected chi connectivity index (χ3v) is 6.11. The maximum absolute atomic E-state index is 9.05. The maximum Gasteiger partial charge on any atom is 0.138 e. The highest BCUT2D eigenvalue weighted by Gasteiger charge is 2.32. The zero-order valence-corrected chi connectivity index (χ0v) is 19.7. The van der Waals surface area contributed by atoms with Gasteiger partial charge in [-0.05, 0) is 49.8 Å². The van der Waals surface area contributed by atoms with E-state index in [0.717, 1.165) is 35.2 Å². The molecule has 0 aliphatic rings. The summed E-state index contributed by atoms with van der Waals surface area (Å²) in [5, 5.41) is 18.1. The van der Waals surface area contributed by atoms with Crippen molar-refractivity contribution in [3.05, 3.63) is 64.7 Å². The van der Waals surface area contributed by atoms with Gasteiger partial charge in [-0.15, -0.1) is 0 Å². The van der Waals surface area contributed by atoms with Crippen LogP contribution in [0.3, 0.4) is 0 Å². The molecule has 0 aromatic heterocycles. The van der Waals surface area contributed by atoms with Gasteiger partial charge in [-0.1, -0.05) is 89.4 Å². The molecule has 0 heterocycles. The van der Waals surface area contributed by atoms with Crippen LogP contribution in [-0.4, -0.2) is 11.7 Å². The van der Waals surface area contributed by atoms with Crippen molar-refractivity contribution < 1.29 is 0 Å². The Morgan fingerprint density at radius 2 is 1.50 bits per heavy atom. The van der Waals surface area contributed by atoms with Crippen molar-refractivity contribution in [2.24, 2.45) is 5.41 Å². The van der Waals surface area contributed by atoms with E-state index in [-0.39, 0.29) is 5.41 Å². The van der Waals surface area contributed by atoms with Gasteiger partial charge in [-0.25, -0.2) is 0 Å². The Hall–Kier alpha value is -2.42. The maximum atomic E-state index is 9.05. The smallest absolute Gasteiger partial charge is 0.138 e. The first-order valence-electron chi connectivity index (χ1n) is 11.4. The first-order valence-corrected chi connectivity index (χ1v) is 11.4. The highest BCUT2D eigenvalue weighted by molar-refractivity contribution is 6.24. The largest absolute Gasteiger partial charge is 0.287 e. The number of amidine groups is 2. The Labute approximate surface area is 183 Å². The molecular formula is C27H39N3. The second-order valence-electron chi connectivity index (χ2n) is 9.02. The van der Waals surface area contributed by atoms with Gasteiger partial charge in [0.2, 0.25) is 0 Å². The van der Waals surface area contributed by atoms with E-state index in [1.807, 2.05) is 35.2 Å². The Morgan fingerprint density at radius 3 is 2.03 bits per heavy atom. The van der Waals surface area contributed by atoms with Crippen LogP contribution in [-0.2, 0) is 6.42 Å². The van der Waals surface area contributed by atoms with Gasteiger partial charge in [0.05, 0.1) is 5.69 Å². The molecule has 0 amide bonds. The summed E-state index contributed by atoms with van der Waals surface area (Å²) in [5.41, 5.74) is 5.12. The Balaban J connectivity index is 2.48. The van der Waals surface area contributed by atoms with E-state index in [1.165, 1.54) is 31.2 Å². The van der Waals surface area contributed by atoms with Crippen LogP contribution >= 0.6 is 0 Å². The molecule has 0 unspecified atom stereocenters. The topological polar surface area (TPSA) is 50.9 Å². The zero-order chi connectivity index (χ0) is 22.3. The summed E-state index contributed by atoms with van der Waals surface area (Å²) in [6.07, 6.45) is 6.98. The molecule has 3 nitrogen and oxygen atoms in total. The number of aryl methyl sites for hydroxylation is 3. The number of hydrogen-bond acceptors (Lipinski definition) is 2. The van der Waals surface area contributed by atoms with E-state index in [0.29, 0.717) is 11.7 Å². The minimum atomic E-state index is -0.321. The minimum Gasteiger partial charge on any atom is -0.287 e. The summed E-state index contributed by atoms with van der Waals surface area (Å²) in [6, 6.07) is 14.3. The molecule has 0 aliphatic carbocycles. The molecule has 0 atom stereocenters. The molecule has 2 N–H and O–H groups in total. The van der Waals surface area contributed by atoms with Gasteiger partial charge >= 0.3 is 0 Å². The lowest BCUT2D eigenvalue weighted by molar-refractivity contribution is 0.495. The molecule has 0 saturated heterocycles. The Bertz CT molecular complexity index is 842. The number of hydrogen-bond donors (Lipinski definition) is 2. The number of anilines is 1.